The second-order valence-electron chi connectivity index (χ2n) is 4.63. The first-order valence-electron chi connectivity index (χ1n) is 6.39. The molecule has 1 aliphatic rings. The van der Waals surface area contributed by atoms with Crippen molar-refractivity contribution in [1.82, 2.24) is 5.32 Å². The van der Waals surface area contributed by atoms with Gasteiger partial charge >= 0.3 is 0 Å². The van der Waals surface area contributed by atoms with Crippen LogP contribution in [0.25, 0.3) is 0 Å². The number of fused-ring (bicyclic) bond motifs is 1. The Morgan fingerprint density at radius 2 is 2.35 bits per heavy atom. The van der Waals surface area contributed by atoms with Crippen molar-refractivity contribution in [3.8, 4) is 5.75 Å². The van der Waals surface area contributed by atoms with Gasteiger partial charge in [-0.2, -0.15) is 0 Å². The summed E-state index contributed by atoms with van der Waals surface area (Å²) < 4.78 is 5.48. The third-order valence-corrected chi connectivity index (χ3v) is 3.35. The molecule has 0 saturated heterocycles. The Morgan fingerprint density at radius 1 is 1.47 bits per heavy atom. The molecular formula is C14H21NO2. The van der Waals surface area contributed by atoms with Crippen LogP contribution >= 0.6 is 0 Å². The smallest absolute Gasteiger partial charge is 0.122 e. The summed E-state index contributed by atoms with van der Waals surface area (Å²) >= 11 is 0. The van der Waals surface area contributed by atoms with E-state index in [-0.39, 0.29) is 6.61 Å². The van der Waals surface area contributed by atoms with Gasteiger partial charge in [-0.05, 0) is 29.5 Å². The van der Waals surface area contributed by atoms with E-state index in [1.54, 1.807) is 0 Å². The Hall–Kier alpha value is -1.06. The lowest BCUT2D eigenvalue weighted by Gasteiger charge is -2.12. The predicted octanol–water partition coefficient (Wildman–Crippen LogP) is 1.73. The molecule has 0 saturated carbocycles. The van der Waals surface area contributed by atoms with Gasteiger partial charge in [0.1, 0.15) is 5.75 Å². The molecule has 0 aliphatic carbocycles. The molecule has 1 aromatic carbocycles. The van der Waals surface area contributed by atoms with E-state index in [0.29, 0.717) is 5.92 Å². The molecule has 2 N–H and O–H groups in total. The molecule has 1 aromatic rings. The lowest BCUT2D eigenvalue weighted by Crippen LogP contribution is -2.24. The van der Waals surface area contributed by atoms with E-state index in [0.717, 1.165) is 38.3 Å². The molecule has 0 fully saturated rings. The molecule has 3 nitrogen and oxygen atoms in total. The average molecular weight is 235 g/mol. The van der Waals surface area contributed by atoms with Gasteiger partial charge in [-0.1, -0.05) is 19.1 Å². The van der Waals surface area contributed by atoms with Crippen molar-refractivity contribution < 1.29 is 9.84 Å². The molecule has 94 valence electrons. The zero-order valence-corrected chi connectivity index (χ0v) is 10.4. The van der Waals surface area contributed by atoms with Crippen molar-refractivity contribution >= 4 is 0 Å². The van der Waals surface area contributed by atoms with Crippen LogP contribution < -0.4 is 10.1 Å². The van der Waals surface area contributed by atoms with Crippen LogP contribution in [0.1, 0.15) is 24.5 Å². The van der Waals surface area contributed by atoms with E-state index in [9.17, 15) is 0 Å². The molecule has 1 aliphatic heterocycles. The van der Waals surface area contributed by atoms with Crippen LogP contribution in [-0.2, 0) is 13.0 Å². The minimum Gasteiger partial charge on any atom is -0.493 e. The summed E-state index contributed by atoms with van der Waals surface area (Å²) in [5.41, 5.74) is 2.61. The highest BCUT2D eigenvalue weighted by Crippen LogP contribution is 2.25. The molecule has 0 amide bonds. The molecule has 3 heteroatoms. The fraction of sp³-hybridized carbons (Fsp3) is 0.571. The van der Waals surface area contributed by atoms with E-state index < -0.39 is 0 Å². The quantitative estimate of drug-likeness (QED) is 0.789. The molecule has 1 heterocycles. The first-order valence-corrected chi connectivity index (χ1v) is 6.39. The highest BCUT2D eigenvalue weighted by atomic mass is 16.5. The summed E-state index contributed by atoms with van der Waals surface area (Å²) in [5, 5.41) is 12.5. The third-order valence-electron chi connectivity index (χ3n) is 3.35. The Bertz CT molecular complexity index is 361. The lowest BCUT2D eigenvalue weighted by atomic mass is 10.1. The summed E-state index contributed by atoms with van der Waals surface area (Å²) in [5.74, 6) is 1.41. The number of aliphatic hydroxyl groups excluding tert-OH is 1. The molecular weight excluding hydrogens is 214 g/mol. The maximum absolute atomic E-state index is 9.09. The van der Waals surface area contributed by atoms with Crippen LogP contribution in [0.3, 0.4) is 0 Å². The summed E-state index contributed by atoms with van der Waals surface area (Å²) in [4.78, 5) is 0. The first kappa shape index (κ1) is 12.4. The first-order chi connectivity index (χ1) is 8.33. The zero-order chi connectivity index (χ0) is 12.1. The van der Waals surface area contributed by atoms with Gasteiger partial charge in [0.05, 0.1) is 6.61 Å². The molecule has 17 heavy (non-hydrogen) atoms. The molecule has 0 aromatic heterocycles. The van der Waals surface area contributed by atoms with Gasteiger partial charge in [-0.15, -0.1) is 0 Å². The standard InChI is InChI=1S/C14H21NO2/c1-2-11(10-16)8-15-9-12-3-4-14-13(7-12)5-6-17-14/h3-4,7,11,15-16H,2,5-6,8-10H2,1H3. The normalized spacial score (nSPS) is 15.4. The van der Waals surface area contributed by atoms with E-state index >= 15 is 0 Å². The number of ether oxygens (including phenoxy) is 1. The summed E-state index contributed by atoms with van der Waals surface area (Å²) in [6.07, 6.45) is 2.04. The van der Waals surface area contributed by atoms with Crippen LogP contribution in [0.5, 0.6) is 5.75 Å². The Balaban J connectivity index is 1.83. The molecule has 0 bridgehead atoms. The van der Waals surface area contributed by atoms with Gasteiger partial charge in [-0.25, -0.2) is 0 Å². The van der Waals surface area contributed by atoms with E-state index in [1.165, 1.54) is 11.1 Å². The number of aliphatic hydroxyl groups is 1. The highest BCUT2D eigenvalue weighted by Gasteiger charge is 2.11. The molecule has 1 unspecified atom stereocenters. The summed E-state index contributed by atoms with van der Waals surface area (Å²) in [6.45, 7) is 4.93. The number of benzene rings is 1. The second-order valence-corrected chi connectivity index (χ2v) is 4.63. The van der Waals surface area contributed by atoms with Crippen molar-refractivity contribution in [2.45, 2.75) is 26.3 Å². The van der Waals surface area contributed by atoms with Crippen molar-refractivity contribution in [2.24, 2.45) is 5.92 Å². The van der Waals surface area contributed by atoms with Gasteiger partial charge < -0.3 is 15.2 Å². The van der Waals surface area contributed by atoms with Gasteiger partial charge in [0, 0.05) is 26.1 Å². The fourth-order valence-electron chi connectivity index (χ4n) is 2.11. The van der Waals surface area contributed by atoms with Crippen molar-refractivity contribution in [1.29, 1.82) is 0 Å². The molecule has 0 spiro atoms. The van der Waals surface area contributed by atoms with Crippen molar-refractivity contribution in [2.75, 3.05) is 19.8 Å². The van der Waals surface area contributed by atoms with Gasteiger partial charge in [-0.3, -0.25) is 0 Å². The lowest BCUT2D eigenvalue weighted by molar-refractivity contribution is 0.218. The zero-order valence-electron chi connectivity index (χ0n) is 10.4. The van der Waals surface area contributed by atoms with Gasteiger partial charge in [0.2, 0.25) is 0 Å². The van der Waals surface area contributed by atoms with Crippen molar-refractivity contribution in [3.63, 3.8) is 0 Å². The predicted molar refractivity (Wildman–Crippen MR) is 68.2 cm³/mol. The van der Waals surface area contributed by atoms with Crippen LogP contribution in [0, 0.1) is 5.92 Å². The topological polar surface area (TPSA) is 41.5 Å². The Kier molecular flexibility index (Phi) is 4.40. The average Bonchev–Trinajstić information content (AvgIpc) is 2.82. The number of hydrogen-bond acceptors (Lipinski definition) is 3. The summed E-state index contributed by atoms with van der Waals surface area (Å²) in [6, 6.07) is 6.38. The maximum Gasteiger partial charge on any atom is 0.122 e. The molecule has 2 rings (SSSR count). The van der Waals surface area contributed by atoms with Gasteiger partial charge in [0.25, 0.3) is 0 Å². The highest BCUT2D eigenvalue weighted by molar-refractivity contribution is 5.39. The largest absolute Gasteiger partial charge is 0.493 e. The monoisotopic (exact) mass is 235 g/mol. The number of rotatable bonds is 6. The minimum absolute atomic E-state index is 0.265. The fourth-order valence-corrected chi connectivity index (χ4v) is 2.11. The van der Waals surface area contributed by atoms with Crippen LogP contribution in [0.15, 0.2) is 18.2 Å². The van der Waals surface area contributed by atoms with Crippen molar-refractivity contribution in [3.05, 3.63) is 29.3 Å². The molecule has 1 atom stereocenters. The van der Waals surface area contributed by atoms with Crippen LogP contribution in [0.2, 0.25) is 0 Å². The Morgan fingerprint density at radius 3 is 3.12 bits per heavy atom. The maximum atomic E-state index is 9.09. The van der Waals surface area contributed by atoms with Crippen LogP contribution in [-0.4, -0.2) is 24.9 Å². The summed E-state index contributed by atoms with van der Waals surface area (Å²) in [7, 11) is 0. The molecule has 0 radical (unpaired) electrons. The van der Waals surface area contributed by atoms with E-state index in [2.05, 4.69) is 30.4 Å². The number of nitrogens with one attached hydrogen (secondary N) is 1. The van der Waals surface area contributed by atoms with Gasteiger partial charge in [0.15, 0.2) is 0 Å². The van der Waals surface area contributed by atoms with Crippen LogP contribution in [0.4, 0.5) is 0 Å². The van der Waals surface area contributed by atoms with E-state index in [1.807, 2.05) is 0 Å². The van der Waals surface area contributed by atoms with E-state index in [4.69, 9.17) is 9.84 Å². The minimum atomic E-state index is 0.265. The Labute approximate surface area is 103 Å². The second kappa shape index (κ2) is 6.03. The third kappa shape index (κ3) is 3.20. The number of hydrogen-bond donors (Lipinski definition) is 2. The SMILES string of the molecule is CCC(CO)CNCc1ccc2c(c1)CCO2.